The predicted octanol–water partition coefficient (Wildman–Crippen LogP) is 2.53. The number of hydrogen-bond donors (Lipinski definition) is 3. The molecule has 6 nitrogen and oxygen atoms in total. The van der Waals surface area contributed by atoms with Crippen molar-refractivity contribution in [3.8, 4) is 0 Å². The molecule has 1 aromatic carbocycles. The molecule has 0 saturated heterocycles. The van der Waals surface area contributed by atoms with Crippen molar-refractivity contribution in [2.75, 3.05) is 38.2 Å². The van der Waals surface area contributed by atoms with E-state index >= 15 is 0 Å². The number of hydrogen-bond acceptors (Lipinski definition) is 3. The molecule has 1 amide bonds. The zero-order valence-electron chi connectivity index (χ0n) is 15.1. The molecule has 0 aliphatic rings. The first kappa shape index (κ1) is 20.9. The van der Waals surface area contributed by atoms with E-state index in [0.717, 1.165) is 25.9 Å². The minimum atomic E-state index is -0.391. The third-order valence-electron chi connectivity index (χ3n) is 3.23. The van der Waals surface area contributed by atoms with E-state index in [9.17, 15) is 9.18 Å². The predicted molar refractivity (Wildman–Crippen MR) is 99.4 cm³/mol. The monoisotopic (exact) mass is 352 g/mol. The molecule has 25 heavy (non-hydrogen) atoms. The summed E-state index contributed by atoms with van der Waals surface area (Å²) in [7, 11) is 0. The van der Waals surface area contributed by atoms with Crippen LogP contribution in [0.4, 0.5) is 10.1 Å². The number of anilines is 1. The Kier molecular flexibility index (Phi) is 11.0. The molecule has 0 radical (unpaired) electrons. The van der Waals surface area contributed by atoms with Gasteiger partial charge in [0.1, 0.15) is 12.4 Å². The summed E-state index contributed by atoms with van der Waals surface area (Å²) in [5, 5.41) is 8.85. The van der Waals surface area contributed by atoms with Crippen LogP contribution in [-0.2, 0) is 9.53 Å². The maximum Gasteiger partial charge on any atom is 0.246 e. The van der Waals surface area contributed by atoms with Gasteiger partial charge in [0.25, 0.3) is 0 Å². The minimum Gasteiger partial charge on any atom is -0.381 e. The van der Waals surface area contributed by atoms with Gasteiger partial charge in [-0.2, -0.15) is 0 Å². The number of carbonyl (C=O) groups is 1. The topological polar surface area (TPSA) is 74.8 Å². The first-order valence-electron chi connectivity index (χ1n) is 8.81. The Hall–Kier alpha value is -2.15. The van der Waals surface area contributed by atoms with Crippen LogP contribution < -0.4 is 16.0 Å². The molecule has 3 N–H and O–H groups in total. The second-order valence-electron chi connectivity index (χ2n) is 5.50. The fourth-order valence-corrected chi connectivity index (χ4v) is 1.99. The molecule has 7 heteroatoms. The average molecular weight is 352 g/mol. The van der Waals surface area contributed by atoms with E-state index in [1.54, 1.807) is 12.1 Å². The lowest BCUT2D eigenvalue weighted by Crippen LogP contribution is -2.38. The van der Waals surface area contributed by atoms with Gasteiger partial charge >= 0.3 is 0 Å². The van der Waals surface area contributed by atoms with Crippen molar-refractivity contribution >= 4 is 17.6 Å². The molecule has 0 saturated carbocycles. The lowest BCUT2D eigenvalue weighted by Gasteiger charge is -2.11. The number of amides is 1. The quantitative estimate of drug-likeness (QED) is 0.325. The zero-order valence-corrected chi connectivity index (χ0v) is 15.1. The molecule has 0 aliphatic carbocycles. The van der Waals surface area contributed by atoms with Gasteiger partial charge in [-0.25, -0.2) is 9.38 Å². The van der Waals surface area contributed by atoms with Crippen molar-refractivity contribution in [3.05, 3.63) is 30.1 Å². The Labute approximate surface area is 149 Å². The number of guanidine groups is 1. The van der Waals surface area contributed by atoms with Crippen LogP contribution in [0.25, 0.3) is 0 Å². The normalized spacial score (nSPS) is 11.2. The van der Waals surface area contributed by atoms with Gasteiger partial charge in [-0.3, -0.25) is 4.79 Å². The molecule has 0 unspecified atom stereocenters. The van der Waals surface area contributed by atoms with Gasteiger partial charge in [-0.1, -0.05) is 19.4 Å². The van der Waals surface area contributed by atoms with E-state index in [-0.39, 0.29) is 12.5 Å². The molecular weight excluding hydrogens is 323 g/mol. The fourth-order valence-electron chi connectivity index (χ4n) is 1.99. The largest absolute Gasteiger partial charge is 0.381 e. The standard InChI is InChI=1S/C18H29FN4O2/c1-3-5-11-25-12-7-10-21-18(20-4-2)22-14-17(24)23-16-9-6-8-15(19)13-16/h6,8-9,13H,3-5,7,10-12,14H2,1-2H3,(H,23,24)(H2,20,21,22). The van der Waals surface area contributed by atoms with E-state index in [0.29, 0.717) is 31.3 Å². The van der Waals surface area contributed by atoms with Crippen LogP contribution in [0.3, 0.4) is 0 Å². The van der Waals surface area contributed by atoms with Crippen molar-refractivity contribution in [3.63, 3.8) is 0 Å². The number of benzene rings is 1. The summed E-state index contributed by atoms with van der Waals surface area (Å²) < 4.78 is 18.6. The summed E-state index contributed by atoms with van der Waals surface area (Å²) in [6.45, 7) is 6.95. The van der Waals surface area contributed by atoms with Crippen LogP contribution >= 0.6 is 0 Å². The molecule has 0 bridgehead atoms. The SMILES string of the molecule is CCCCOCCCNC(=NCC(=O)Nc1cccc(F)c1)NCC. The molecule has 1 aromatic rings. The molecule has 0 fully saturated rings. The highest BCUT2D eigenvalue weighted by atomic mass is 19.1. The van der Waals surface area contributed by atoms with Gasteiger partial charge in [0.15, 0.2) is 5.96 Å². The summed E-state index contributed by atoms with van der Waals surface area (Å²) in [5.74, 6) is -0.117. The Morgan fingerprint density at radius 1 is 1.20 bits per heavy atom. The van der Waals surface area contributed by atoms with Gasteiger partial charge in [0.2, 0.25) is 5.91 Å². The summed E-state index contributed by atoms with van der Waals surface area (Å²) >= 11 is 0. The second-order valence-corrected chi connectivity index (χ2v) is 5.50. The molecular formula is C18H29FN4O2. The third-order valence-corrected chi connectivity index (χ3v) is 3.23. The number of nitrogens with one attached hydrogen (secondary N) is 3. The maximum atomic E-state index is 13.1. The number of unbranched alkanes of at least 4 members (excludes halogenated alkanes) is 1. The molecule has 1 rings (SSSR count). The van der Waals surface area contributed by atoms with Crippen LogP contribution in [0.5, 0.6) is 0 Å². The zero-order chi connectivity index (χ0) is 18.3. The van der Waals surface area contributed by atoms with E-state index in [1.807, 2.05) is 6.92 Å². The fraction of sp³-hybridized carbons (Fsp3) is 0.556. The van der Waals surface area contributed by atoms with Crippen molar-refractivity contribution in [1.82, 2.24) is 10.6 Å². The van der Waals surface area contributed by atoms with E-state index < -0.39 is 5.82 Å². The van der Waals surface area contributed by atoms with Crippen LogP contribution in [0, 0.1) is 5.82 Å². The lowest BCUT2D eigenvalue weighted by atomic mass is 10.3. The smallest absolute Gasteiger partial charge is 0.246 e. The van der Waals surface area contributed by atoms with E-state index in [1.165, 1.54) is 12.1 Å². The molecule has 0 aromatic heterocycles. The van der Waals surface area contributed by atoms with Crippen LogP contribution in [0.2, 0.25) is 0 Å². The number of rotatable bonds is 11. The van der Waals surface area contributed by atoms with Crippen molar-refractivity contribution < 1.29 is 13.9 Å². The van der Waals surface area contributed by atoms with Crippen molar-refractivity contribution in [1.29, 1.82) is 0 Å². The minimum absolute atomic E-state index is 0.0428. The number of aliphatic imine (C=N–C) groups is 1. The number of halogens is 1. The first-order valence-corrected chi connectivity index (χ1v) is 8.81. The summed E-state index contributed by atoms with van der Waals surface area (Å²) in [5.41, 5.74) is 0.419. The lowest BCUT2D eigenvalue weighted by molar-refractivity contribution is -0.114. The highest BCUT2D eigenvalue weighted by molar-refractivity contribution is 5.94. The number of nitrogens with zero attached hydrogens (tertiary/aromatic N) is 1. The highest BCUT2D eigenvalue weighted by Gasteiger charge is 2.04. The number of carbonyl (C=O) groups excluding carboxylic acids is 1. The van der Waals surface area contributed by atoms with Crippen molar-refractivity contribution in [2.24, 2.45) is 4.99 Å². The van der Waals surface area contributed by atoms with Gasteiger partial charge in [0.05, 0.1) is 0 Å². The highest BCUT2D eigenvalue weighted by Crippen LogP contribution is 2.08. The Morgan fingerprint density at radius 2 is 2.00 bits per heavy atom. The molecule has 0 heterocycles. The summed E-state index contributed by atoms with van der Waals surface area (Å²) in [6.07, 6.45) is 3.08. The van der Waals surface area contributed by atoms with E-state index in [2.05, 4.69) is 27.9 Å². The summed E-state index contributed by atoms with van der Waals surface area (Å²) in [6, 6.07) is 5.77. The molecule has 0 aliphatic heterocycles. The summed E-state index contributed by atoms with van der Waals surface area (Å²) in [4.78, 5) is 16.1. The van der Waals surface area contributed by atoms with Gasteiger partial charge in [-0.05, 0) is 38.0 Å². The van der Waals surface area contributed by atoms with Gasteiger partial charge in [-0.15, -0.1) is 0 Å². The van der Waals surface area contributed by atoms with Gasteiger partial charge < -0.3 is 20.7 Å². The Balaban J connectivity index is 2.32. The molecule has 0 atom stereocenters. The van der Waals surface area contributed by atoms with E-state index in [4.69, 9.17) is 4.74 Å². The Morgan fingerprint density at radius 3 is 2.72 bits per heavy atom. The average Bonchev–Trinajstić information content (AvgIpc) is 2.58. The van der Waals surface area contributed by atoms with Crippen LogP contribution in [0.15, 0.2) is 29.3 Å². The maximum absolute atomic E-state index is 13.1. The molecule has 0 spiro atoms. The molecule has 140 valence electrons. The number of ether oxygens (including phenoxy) is 1. The second kappa shape index (κ2) is 13.2. The Bertz CT molecular complexity index is 538. The third kappa shape index (κ3) is 10.3. The van der Waals surface area contributed by atoms with Crippen molar-refractivity contribution in [2.45, 2.75) is 33.1 Å². The van der Waals surface area contributed by atoms with Gasteiger partial charge in [0, 0.05) is 32.0 Å². The van der Waals surface area contributed by atoms with Crippen LogP contribution in [-0.4, -0.2) is 44.7 Å². The van der Waals surface area contributed by atoms with Crippen LogP contribution in [0.1, 0.15) is 33.1 Å². The first-order chi connectivity index (χ1) is 12.2.